The van der Waals surface area contributed by atoms with Gasteiger partial charge in [0, 0.05) is 6.04 Å². The summed E-state index contributed by atoms with van der Waals surface area (Å²) in [4.78, 5) is 11.5. The summed E-state index contributed by atoms with van der Waals surface area (Å²) in [6.07, 6.45) is 0. The van der Waals surface area contributed by atoms with Crippen LogP contribution >= 0.6 is 0 Å². The van der Waals surface area contributed by atoms with E-state index in [1.54, 1.807) is 6.92 Å². The van der Waals surface area contributed by atoms with Crippen molar-refractivity contribution in [3.8, 4) is 0 Å². The predicted octanol–water partition coefficient (Wildman–Crippen LogP) is 1.97. The fourth-order valence-electron chi connectivity index (χ4n) is 1.70. The maximum Gasteiger partial charge on any atom is 0.138 e. The molecule has 1 N–H and O–H groups in total. The van der Waals surface area contributed by atoms with Crippen LogP contribution in [0.2, 0.25) is 0 Å². The van der Waals surface area contributed by atoms with Crippen LogP contribution in [-0.4, -0.2) is 18.9 Å². The molecule has 1 aromatic carbocycles. The minimum absolute atomic E-state index is 0.0406. The summed E-state index contributed by atoms with van der Waals surface area (Å²) >= 11 is 0. The number of carbonyl (C=O) groups excluding carboxylic acids is 1. The van der Waals surface area contributed by atoms with Gasteiger partial charge in [0.25, 0.3) is 0 Å². The number of rotatable bonds is 4. The zero-order valence-electron chi connectivity index (χ0n) is 8.95. The van der Waals surface area contributed by atoms with E-state index in [1.807, 2.05) is 44.3 Å². The van der Waals surface area contributed by atoms with Gasteiger partial charge in [-0.05, 0) is 26.5 Å². The maximum absolute atomic E-state index is 11.5. The van der Waals surface area contributed by atoms with E-state index in [1.165, 1.54) is 0 Å². The van der Waals surface area contributed by atoms with Crippen LogP contribution < -0.4 is 5.32 Å². The average Bonchev–Trinajstić information content (AvgIpc) is 2.19. The van der Waals surface area contributed by atoms with Crippen molar-refractivity contribution in [2.45, 2.75) is 25.8 Å². The van der Waals surface area contributed by atoms with Gasteiger partial charge in [0.05, 0.1) is 5.92 Å². The van der Waals surface area contributed by atoms with Gasteiger partial charge < -0.3 is 5.32 Å². The molecule has 1 rings (SSSR count). The first-order valence-corrected chi connectivity index (χ1v) is 4.89. The van der Waals surface area contributed by atoms with Crippen LogP contribution in [-0.2, 0) is 4.79 Å². The second-order valence-electron chi connectivity index (χ2n) is 3.58. The quantitative estimate of drug-likeness (QED) is 0.788. The smallest absolute Gasteiger partial charge is 0.138 e. The van der Waals surface area contributed by atoms with Crippen molar-refractivity contribution in [3.63, 3.8) is 0 Å². The first-order chi connectivity index (χ1) is 6.66. The van der Waals surface area contributed by atoms with Crippen molar-refractivity contribution < 1.29 is 4.79 Å². The molecule has 2 unspecified atom stereocenters. The Labute approximate surface area is 85.3 Å². The summed E-state index contributed by atoms with van der Waals surface area (Å²) in [5, 5.41) is 3.12. The fraction of sp³-hybridized carbons (Fsp3) is 0.417. The molecule has 0 bridgehead atoms. The lowest BCUT2D eigenvalue weighted by atomic mass is 9.89. The van der Waals surface area contributed by atoms with Crippen molar-refractivity contribution in [2.75, 3.05) is 7.05 Å². The molecule has 0 amide bonds. The Kier molecular flexibility index (Phi) is 3.84. The van der Waals surface area contributed by atoms with Gasteiger partial charge in [-0.1, -0.05) is 30.3 Å². The van der Waals surface area contributed by atoms with Crippen LogP contribution in [0.1, 0.15) is 25.3 Å². The Hall–Kier alpha value is -1.15. The lowest BCUT2D eigenvalue weighted by Gasteiger charge is -2.21. The highest BCUT2D eigenvalue weighted by atomic mass is 16.1. The van der Waals surface area contributed by atoms with E-state index in [9.17, 15) is 4.79 Å². The molecule has 2 atom stereocenters. The predicted molar refractivity (Wildman–Crippen MR) is 58.4 cm³/mol. The van der Waals surface area contributed by atoms with Crippen molar-refractivity contribution in [2.24, 2.45) is 0 Å². The van der Waals surface area contributed by atoms with Crippen LogP contribution in [0, 0.1) is 0 Å². The van der Waals surface area contributed by atoms with E-state index in [-0.39, 0.29) is 17.7 Å². The molecular weight excluding hydrogens is 174 g/mol. The molecule has 0 aliphatic rings. The van der Waals surface area contributed by atoms with Gasteiger partial charge in [0.15, 0.2) is 0 Å². The van der Waals surface area contributed by atoms with Gasteiger partial charge in [-0.2, -0.15) is 0 Å². The molecule has 0 aliphatic carbocycles. The standard InChI is InChI=1S/C12H17NO/c1-9(13-3)12(10(2)14)11-7-5-4-6-8-11/h4-9,12-13H,1-3H3. The number of Topliss-reactive ketones (excluding diaryl/α,β-unsaturated/α-hetero) is 1. The molecule has 0 saturated heterocycles. The van der Waals surface area contributed by atoms with Crippen LogP contribution in [0.15, 0.2) is 30.3 Å². The van der Waals surface area contributed by atoms with Crippen LogP contribution in [0.5, 0.6) is 0 Å². The Morgan fingerprint density at radius 1 is 1.29 bits per heavy atom. The molecular formula is C12H17NO. The zero-order chi connectivity index (χ0) is 10.6. The number of nitrogens with one attached hydrogen (secondary N) is 1. The number of benzene rings is 1. The van der Waals surface area contributed by atoms with E-state index in [2.05, 4.69) is 5.32 Å². The summed E-state index contributed by atoms with van der Waals surface area (Å²) in [7, 11) is 1.88. The van der Waals surface area contributed by atoms with E-state index in [0.29, 0.717) is 0 Å². The zero-order valence-corrected chi connectivity index (χ0v) is 8.95. The number of carbonyl (C=O) groups is 1. The topological polar surface area (TPSA) is 29.1 Å². The lowest BCUT2D eigenvalue weighted by molar-refractivity contribution is -0.118. The molecule has 0 aromatic heterocycles. The molecule has 0 heterocycles. The minimum atomic E-state index is -0.0406. The summed E-state index contributed by atoms with van der Waals surface area (Å²) in [6.45, 7) is 3.67. The molecule has 0 fully saturated rings. The van der Waals surface area contributed by atoms with E-state index < -0.39 is 0 Å². The Morgan fingerprint density at radius 3 is 2.29 bits per heavy atom. The summed E-state index contributed by atoms with van der Waals surface area (Å²) in [5.41, 5.74) is 1.09. The number of likely N-dealkylation sites (N-methyl/N-ethyl adjacent to an activating group) is 1. The van der Waals surface area contributed by atoms with Crippen LogP contribution in [0.3, 0.4) is 0 Å². The van der Waals surface area contributed by atoms with Crippen molar-refractivity contribution in [1.82, 2.24) is 5.32 Å². The van der Waals surface area contributed by atoms with Gasteiger partial charge in [-0.15, -0.1) is 0 Å². The third kappa shape index (κ3) is 2.42. The van der Waals surface area contributed by atoms with Gasteiger partial charge in [0.2, 0.25) is 0 Å². The Bertz CT molecular complexity index is 294. The van der Waals surface area contributed by atoms with Crippen molar-refractivity contribution in [3.05, 3.63) is 35.9 Å². The third-order valence-corrected chi connectivity index (χ3v) is 2.55. The van der Waals surface area contributed by atoms with Gasteiger partial charge in [-0.3, -0.25) is 4.79 Å². The normalized spacial score (nSPS) is 14.8. The molecule has 0 aliphatic heterocycles. The second kappa shape index (κ2) is 4.91. The Balaban J connectivity index is 2.95. The largest absolute Gasteiger partial charge is 0.316 e. The van der Waals surface area contributed by atoms with Crippen LogP contribution in [0.25, 0.3) is 0 Å². The first kappa shape index (κ1) is 10.9. The average molecular weight is 191 g/mol. The van der Waals surface area contributed by atoms with Gasteiger partial charge in [-0.25, -0.2) is 0 Å². The van der Waals surface area contributed by atoms with Crippen molar-refractivity contribution in [1.29, 1.82) is 0 Å². The molecule has 1 aromatic rings. The molecule has 0 spiro atoms. The van der Waals surface area contributed by atoms with Gasteiger partial charge in [0.1, 0.15) is 5.78 Å². The fourth-order valence-corrected chi connectivity index (χ4v) is 1.70. The van der Waals surface area contributed by atoms with E-state index in [4.69, 9.17) is 0 Å². The maximum atomic E-state index is 11.5. The number of ketones is 1. The highest BCUT2D eigenvalue weighted by molar-refractivity contribution is 5.84. The minimum Gasteiger partial charge on any atom is -0.316 e. The SMILES string of the molecule is CNC(C)C(C(C)=O)c1ccccc1. The summed E-state index contributed by atoms with van der Waals surface area (Å²) in [5.74, 6) is 0.166. The summed E-state index contributed by atoms with van der Waals surface area (Å²) < 4.78 is 0. The van der Waals surface area contributed by atoms with E-state index in [0.717, 1.165) is 5.56 Å². The third-order valence-electron chi connectivity index (χ3n) is 2.55. The molecule has 2 heteroatoms. The molecule has 0 saturated carbocycles. The lowest BCUT2D eigenvalue weighted by Crippen LogP contribution is -2.32. The number of hydrogen-bond donors (Lipinski definition) is 1. The highest BCUT2D eigenvalue weighted by Crippen LogP contribution is 2.20. The van der Waals surface area contributed by atoms with E-state index >= 15 is 0 Å². The van der Waals surface area contributed by atoms with Gasteiger partial charge >= 0.3 is 0 Å². The Morgan fingerprint density at radius 2 is 1.86 bits per heavy atom. The molecule has 14 heavy (non-hydrogen) atoms. The highest BCUT2D eigenvalue weighted by Gasteiger charge is 2.21. The second-order valence-corrected chi connectivity index (χ2v) is 3.58. The summed E-state index contributed by atoms with van der Waals surface area (Å²) in [6, 6.07) is 10.1. The molecule has 76 valence electrons. The molecule has 2 nitrogen and oxygen atoms in total. The first-order valence-electron chi connectivity index (χ1n) is 4.89. The number of hydrogen-bond acceptors (Lipinski definition) is 2. The van der Waals surface area contributed by atoms with Crippen LogP contribution in [0.4, 0.5) is 0 Å². The molecule has 0 radical (unpaired) electrons. The monoisotopic (exact) mass is 191 g/mol. The van der Waals surface area contributed by atoms with Crippen molar-refractivity contribution >= 4 is 5.78 Å².